The van der Waals surface area contributed by atoms with Gasteiger partial charge in [-0.05, 0) is 24.3 Å². The first kappa shape index (κ1) is 14.3. The van der Waals surface area contributed by atoms with Gasteiger partial charge in [-0.15, -0.1) is 0 Å². The van der Waals surface area contributed by atoms with E-state index in [9.17, 15) is 13.2 Å². The van der Waals surface area contributed by atoms with Crippen LogP contribution in [0, 0.1) is 0 Å². The average Bonchev–Trinajstić information content (AvgIpc) is 2.24. The number of alkyl halides is 3. The van der Waals surface area contributed by atoms with Crippen molar-refractivity contribution < 1.29 is 17.9 Å². The minimum absolute atomic E-state index is 0.0762. The maximum Gasteiger partial charge on any atom is 0.390 e. The fourth-order valence-corrected chi connectivity index (χ4v) is 1.39. The molecule has 0 heterocycles. The molecule has 0 saturated heterocycles. The van der Waals surface area contributed by atoms with Crippen LogP contribution in [0.3, 0.4) is 0 Å². The van der Waals surface area contributed by atoms with Crippen molar-refractivity contribution in [1.29, 1.82) is 0 Å². The smallest absolute Gasteiger partial charge is 0.390 e. The molecule has 1 N–H and O–H groups in total. The SMILES string of the molecule is FC(F)(F)CCNCCOc1ccc(Br)cc1. The van der Waals surface area contributed by atoms with Crippen LogP contribution in [0.15, 0.2) is 28.7 Å². The lowest BCUT2D eigenvalue weighted by Gasteiger charge is -2.09. The van der Waals surface area contributed by atoms with E-state index in [0.29, 0.717) is 18.9 Å². The predicted molar refractivity (Wildman–Crippen MR) is 63.2 cm³/mol. The van der Waals surface area contributed by atoms with Gasteiger partial charge in [0.15, 0.2) is 0 Å². The largest absolute Gasteiger partial charge is 0.492 e. The zero-order chi connectivity index (χ0) is 12.7. The maximum atomic E-state index is 11.8. The van der Waals surface area contributed by atoms with Gasteiger partial charge in [-0.2, -0.15) is 13.2 Å². The predicted octanol–water partition coefficient (Wildman–Crippen LogP) is 3.37. The molecule has 1 rings (SSSR count). The van der Waals surface area contributed by atoms with Crippen molar-refractivity contribution in [2.24, 2.45) is 0 Å². The third-order valence-electron chi connectivity index (χ3n) is 1.95. The highest BCUT2D eigenvalue weighted by molar-refractivity contribution is 9.10. The van der Waals surface area contributed by atoms with E-state index in [2.05, 4.69) is 21.2 Å². The van der Waals surface area contributed by atoms with E-state index in [1.54, 1.807) is 12.1 Å². The first-order valence-corrected chi connectivity index (χ1v) is 5.92. The summed E-state index contributed by atoms with van der Waals surface area (Å²) in [5.41, 5.74) is 0. The summed E-state index contributed by atoms with van der Waals surface area (Å²) in [5, 5.41) is 2.67. The van der Waals surface area contributed by atoms with Crippen molar-refractivity contribution in [2.45, 2.75) is 12.6 Å². The van der Waals surface area contributed by atoms with Crippen LogP contribution in [0.5, 0.6) is 5.75 Å². The van der Waals surface area contributed by atoms with Crippen molar-refractivity contribution in [3.8, 4) is 5.75 Å². The highest BCUT2D eigenvalue weighted by Gasteiger charge is 2.25. The molecular weight excluding hydrogens is 299 g/mol. The second-order valence-corrected chi connectivity index (χ2v) is 4.33. The molecule has 0 atom stereocenters. The number of rotatable bonds is 6. The van der Waals surface area contributed by atoms with Crippen molar-refractivity contribution in [3.05, 3.63) is 28.7 Å². The molecule has 0 fully saturated rings. The first-order chi connectivity index (χ1) is 7.97. The van der Waals surface area contributed by atoms with Crippen LogP contribution in [0.1, 0.15) is 6.42 Å². The maximum absolute atomic E-state index is 11.8. The summed E-state index contributed by atoms with van der Waals surface area (Å²) >= 11 is 3.29. The molecule has 6 heteroatoms. The second kappa shape index (κ2) is 6.86. The lowest BCUT2D eigenvalue weighted by Crippen LogP contribution is -2.25. The fourth-order valence-electron chi connectivity index (χ4n) is 1.13. The van der Waals surface area contributed by atoms with Crippen molar-refractivity contribution in [1.82, 2.24) is 5.32 Å². The van der Waals surface area contributed by atoms with Crippen LogP contribution in [0.2, 0.25) is 0 Å². The third kappa shape index (κ3) is 7.23. The van der Waals surface area contributed by atoms with Gasteiger partial charge in [0.1, 0.15) is 12.4 Å². The van der Waals surface area contributed by atoms with E-state index in [4.69, 9.17) is 4.74 Å². The summed E-state index contributed by atoms with van der Waals surface area (Å²) in [4.78, 5) is 0. The Hall–Kier alpha value is -0.750. The first-order valence-electron chi connectivity index (χ1n) is 5.13. The van der Waals surface area contributed by atoms with Crippen LogP contribution in [0.25, 0.3) is 0 Å². The third-order valence-corrected chi connectivity index (χ3v) is 2.48. The Morgan fingerprint density at radius 1 is 1.12 bits per heavy atom. The Labute approximate surface area is 106 Å². The summed E-state index contributed by atoms with van der Waals surface area (Å²) in [6, 6.07) is 7.26. The molecule has 0 unspecified atom stereocenters. The molecule has 17 heavy (non-hydrogen) atoms. The fraction of sp³-hybridized carbons (Fsp3) is 0.455. The summed E-state index contributed by atoms with van der Waals surface area (Å²) in [6.07, 6.45) is -4.91. The van der Waals surface area contributed by atoms with Crippen LogP contribution in [-0.2, 0) is 0 Å². The van der Waals surface area contributed by atoms with Gasteiger partial charge in [-0.1, -0.05) is 15.9 Å². The van der Waals surface area contributed by atoms with E-state index in [-0.39, 0.29) is 6.54 Å². The topological polar surface area (TPSA) is 21.3 Å². The Balaban J connectivity index is 2.07. The molecule has 0 bridgehead atoms. The molecule has 0 aromatic heterocycles. The second-order valence-electron chi connectivity index (χ2n) is 3.42. The number of nitrogens with one attached hydrogen (secondary N) is 1. The highest BCUT2D eigenvalue weighted by atomic mass is 79.9. The van der Waals surface area contributed by atoms with Gasteiger partial charge >= 0.3 is 6.18 Å². The Bertz CT molecular complexity index is 326. The van der Waals surface area contributed by atoms with Gasteiger partial charge in [0, 0.05) is 17.6 Å². The standard InChI is InChI=1S/C11H13BrF3NO/c12-9-1-3-10(4-2-9)17-8-7-16-6-5-11(13,14)15/h1-4,16H,5-8H2. The van der Waals surface area contributed by atoms with E-state index >= 15 is 0 Å². The van der Waals surface area contributed by atoms with Crippen LogP contribution < -0.4 is 10.1 Å². The monoisotopic (exact) mass is 311 g/mol. The van der Waals surface area contributed by atoms with E-state index in [0.717, 1.165) is 4.47 Å². The lowest BCUT2D eigenvalue weighted by molar-refractivity contribution is -0.133. The quantitative estimate of drug-likeness (QED) is 0.813. The molecule has 0 aliphatic heterocycles. The van der Waals surface area contributed by atoms with E-state index < -0.39 is 12.6 Å². The number of halogens is 4. The Morgan fingerprint density at radius 2 is 1.76 bits per heavy atom. The molecule has 1 aromatic carbocycles. The van der Waals surface area contributed by atoms with Crippen LogP contribution >= 0.6 is 15.9 Å². The number of benzene rings is 1. The van der Waals surface area contributed by atoms with Gasteiger partial charge in [-0.25, -0.2) is 0 Å². The minimum atomic E-state index is -4.10. The minimum Gasteiger partial charge on any atom is -0.492 e. The summed E-state index contributed by atoms with van der Waals surface area (Å²) in [6.45, 7) is 0.666. The van der Waals surface area contributed by atoms with Gasteiger partial charge in [0.2, 0.25) is 0 Å². The molecular formula is C11H13BrF3NO. The zero-order valence-electron chi connectivity index (χ0n) is 9.06. The number of hydrogen-bond donors (Lipinski definition) is 1. The van der Waals surface area contributed by atoms with Crippen molar-refractivity contribution in [2.75, 3.05) is 19.7 Å². The van der Waals surface area contributed by atoms with Crippen LogP contribution in [0.4, 0.5) is 13.2 Å². The number of hydrogen-bond acceptors (Lipinski definition) is 2. The lowest BCUT2D eigenvalue weighted by atomic mass is 10.3. The molecule has 0 aliphatic carbocycles. The van der Waals surface area contributed by atoms with E-state index in [1.165, 1.54) is 0 Å². The van der Waals surface area contributed by atoms with E-state index in [1.807, 2.05) is 12.1 Å². The molecule has 96 valence electrons. The number of ether oxygens (including phenoxy) is 1. The highest BCUT2D eigenvalue weighted by Crippen LogP contribution is 2.18. The average molecular weight is 312 g/mol. The molecule has 0 saturated carbocycles. The van der Waals surface area contributed by atoms with Gasteiger partial charge < -0.3 is 10.1 Å². The summed E-state index contributed by atoms with van der Waals surface area (Å²) in [5.74, 6) is 0.700. The zero-order valence-corrected chi connectivity index (χ0v) is 10.6. The molecule has 0 amide bonds. The van der Waals surface area contributed by atoms with Gasteiger partial charge in [-0.3, -0.25) is 0 Å². The summed E-state index contributed by atoms with van der Waals surface area (Å²) in [7, 11) is 0. The normalized spacial score (nSPS) is 11.5. The van der Waals surface area contributed by atoms with Crippen molar-refractivity contribution in [3.63, 3.8) is 0 Å². The summed E-state index contributed by atoms with van der Waals surface area (Å²) < 4.78 is 41.7. The molecule has 0 spiro atoms. The Kier molecular flexibility index (Phi) is 5.77. The molecule has 2 nitrogen and oxygen atoms in total. The molecule has 1 aromatic rings. The van der Waals surface area contributed by atoms with Gasteiger partial charge in [0.05, 0.1) is 6.42 Å². The molecule has 0 radical (unpaired) electrons. The van der Waals surface area contributed by atoms with Crippen molar-refractivity contribution >= 4 is 15.9 Å². The Morgan fingerprint density at radius 3 is 2.35 bits per heavy atom. The van der Waals surface area contributed by atoms with Crippen LogP contribution in [-0.4, -0.2) is 25.9 Å². The molecule has 0 aliphatic rings. The van der Waals surface area contributed by atoms with Gasteiger partial charge in [0.25, 0.3) is 0 Å².